The van der Waals surface area contributed by atoms with Gasteiger partial charge in [-0.05, 0) is 69.9 Å². The molecule has 36 heavy (non-hydrogen) atoms. The minimum atomic E-state index is -3.53. The number of anilines is 1. The van der Waals surface area contributed by atoms with Crippen LogP contribution in [0.3, 0.4) is 0 Å². The van der Waals surface area contributed by atoms with Crippen molar-refractivity contribution < 1.29 is 18.0 Å². The minimum absolute atomic E-state index is 0.102. The molecule has 0 heterocycles. The molecule has 2 aromatic rings. The number of sulfonamides is 1. The van der Waals surface area contributed by atoms with Gasteiger partial charge in [-0.1, -0.05) is 48.9 Å². The van der Waals surface area contributed by atoms with Gasteiger partial charge in [0.05, 0.1) is 11.9 Å². The molecule has 0 radical (unpaired) electrons. The van der Waals surface area contributed by atoms with Crippen molar-refractivity contribution in [1.29, 1.82) is 0 Å². The summed E-state index contributed by atoms with van der Waals surface area (Å²) in [7, 11) is -3.53. The highest BCUT2D eigenvalue weighted by Crippen LogP contribution is 2.23. The second-order valence-corrected chi connectivity index (χ2v) is 12.4. The first-order valence-corrected chi connectivity index (χ1v) is 14.3. The van der Waals surface area contributed by atoms with Gasteiger partial charge in [0.15, 0.2) is 0 Å². The van der Waals surface area contributed by atoms with Crippen molar-refractivity contribution in [2.75, 3.05) is 17.1 Å². The summed E-state index contributed by atoms with van der Waals surface area (Å²) < 4.78 is 26.3. The minimum Gasteiger partial charge on any atom is -0.350 e. The third kappa shape index (κ3) is 8.82. The van der Waals surface area contributed by atoms with E-state index < -0.39 is 21.6 Å². The van der Waals surface area contributed by atoms with Gasteiger partial charge in [-0.2, -0.15) is 0 Å². The molecule has 9 heteroatoms. The molecule has 2 aromatic carbocycles. The Bertz CT molecular complexity index is 1140. The number of nitrogens with zero attached hydrogens (tertiary/aromatic N) is 2. The number of hydrogen-bond acceptors (Lipinski definition) is 4. The van der Waals surface area contributed by atoms with E-state index in [4.69, 9.17) is 11.6 Å². The zero-order valence-electron chi connectivity index (χ0n) is 22.0. The van der Waals surface area contributed by atoms with E-state index in [1.165, 1.54) is 4.31 Å². The van der Waals surface area contributed by atoms with Gasteiger partial charge in [0.2, 0.25) is 21.8 Å². The van der Waals surface area contributed by atoms with E-state index in [1.54, 1.807) is 29.2 Å². The quantitative estimate of drug-likeness (QED) is 0.442. The first-order chi connectivity index (χ1) is 16.7. The maximum atomic E-state index is 13.5. The number of rotatable bonds is 11. The zero-order chi connectivity index (χ0) is 27.1. The number of para-hydroxylation sites is 1. The number of amides is 2. The van der Waals surface area contributed by atoms with Crippen molar-refractivity contribution in [3.63, 3.8) is 0 Å². The molecule has 0 spiro atoms. The lowest BCUT2D eigenvalue weighted by Gasteiger charge is -2.33. The van der Waals surface area contributed by atoms with Crippen molar-refractivity contribution >= 4 is 39.1 Å². The number of carbonyl (C=O) groups is 2. The zero-order valence-corrected chi connectivity index (χ0v) is 23.6. The summed E-state index contributed by atoms with van der Waals surface area (Å²) in [6.07, 6.45) is 2.03. The number of nitrogens with one attached hydrogen (secondary N) is 1. The van der Waals surface area contributed by atoms with E-state index in [-0.39, 0.29) is 31.3 Å². The van der Waals surface area contributed by atoms with E-state index in [1.807, 2.05) is 58.9 Å². The van der Waals surface area contributed by atoms with Crippen molar-refractivity contribution in [3.8, 4) is 0 Å². The van der Waals surface area contributed by atoms with Crippen LogP contribution in [0.1, 0.15) is 58.1 Å². The summed E-state index contributed by atoms with van der Waals surface area (Å²) in [5, 5.41) is 3.57. The highest BCUT2D eigenvalue weighted by molar-refractivity contribution is 7.92. The van der Waals surface area contributed by atoms with Crippen LogP contribution >= 0.6 is 11.6 Å². The Labute approximate surface area is 220 Å². The molecule has 1 N–H and O–H groups in total. The molecule has 7 nitrogen and oxygen atoms in total. The van der Waals surface area contributed by atoms with E-state index in [2.05, 4.69) is 5.32 Å². The van der Waals surface area contributed by atoms with Gasteiger partial charge in [-0.25, -0.2) is 8.42 Å². The molecule has 0 bridgehead atoms. The van der Waals surface area contributed by atoms with E-state index in [9.17, 15) is 18.0 Å². The fraction of sp³-hybridized carbons (Fsp3) is 0.481. The summed E-state index contributed by atoms with van der Waals surface area (Å²) in [6.45, 7) is 9.83. The largest absolute Gasteiger partial charge is 0.350 e. The highest BCUT2D eigenvalue weighted by atomic mass is 35.5. The Hall–Kier alpha value is -2.58. The Balaban J connectivity index is 2.24. The Morgan fingerprint density at radius 2 is 1.67 bits per heavy atom. The Kier molecular flexibility index (Phi) is 10.4. The summed E-state index contributed by atoms with van der Waals surface area (Å²) in [6, 6.07) is 13.8. The standard InChI is InChI=1S/C27H38ClN3O4S/c1-7-23(26(33)29-27(3,4)5)30(19-21-14-16-22(28)17-15-21)25(32)13-10-18-31(36(6,34)35)24-12-9-8-11-20(24)2/h8-9,11-12,14-17,23H,7,10,13,18-19H2,1-6H3,(H,29,33)/t23-/m0/s1. The van der Waals surface area contributed by atoms with Crippen LogP contribution in [0.15, 0.2) is 48.5 Å². The fourth-order valence-corrected chi connectivity index (χ4v) is 5.13. The van der Waals surface area contributed by atoms with Crippen LogP contribution < -0.4 is 9.62 Å². The number of benzene rings is 2. The average Bonchev–Trinajstić information content (AvgIpc) is 2.76. The molecule has 0 unspecified atom stereocenters. The molecule has 0 saturated carbocycles. The molecular formula is C27H38ClN3O4S. The lowest BCUT2D eigenvalue weighted by atomic mass is 10.0. The maximum Gasteiger partial charge on any atom is 0.243 e. The Morgan fingerprint density at radius 1 is 1.06 bits per heavy atom. The number of carbonyl (C=O) groups excluding carboxylic acids is 2. The van der Waals surface area contributed by atoms with Crippen molar-refractivity contribution in [3.05, 3.63) is 64.7 Å². The van der Waals surface area contributed by atoms with Crippen LogP contribution in [0.4, 0.5) is 5.69 Å². The van der Waals surface area contributed by atoms with Crippen LogP contribution in [0, 0.1) is 6.92 Å². The second kappa shape index (κ2) is 12.6. The molecular weight excluding hydrogens is 498 g/mol. The van der Waals surface area contributed by atoms with Crippen LogP contribution in [0.5, 0.6) is 0 Å². The van der Waals surface area contributed by atoms with E-state index in [0.717, 1.165) is 17.4 Å². The summed E-state index contributed by atoms with van der Waals surface area (Å²) in [5.41, 5.74) is 1.85. The number of hydrogen-bond donors (Lipinski definition) is 1. The van der Waals surface area contributed by atoms with E-state index in [0.29, 0.717) is 23.6 Å². The summed E-state index contributed by atoms with van der Waals surface area (Å²) in [4.78, 5) is 28.2. The van der Waals surface area contributed by atoms with Crippen molar-refractivity contribution in [1.82, 2.24) is 10.2 Å². The molecule has 0 saturated heterocycles. The normalized spacial score (nSPS) is 12.6. The molecule has 1 atom stereocenters. The van der Waals surface area contributed by atoms with Crippen LogP contribution in [-0.2, 0) is 26.2 Å². The first-order valence-electron chi connectivity index (χ1n) is 12.1. The summed E-state index contributed by atoms with van der Waals surface area (Å²) >= 11 is 6.02. The fourth-order valence-electron chi connectivity index (χ4n) is 3.98. The third-order valence-corrected chi connectivity index (χ3v) is 7.12. The highest BCUT2D eigenvalue weighted by Gasteiger charge is 2.30. The topological polar surface area (TPSA) is 86.8 Å². The number of aryl methyl sites for hydroxylation is 1. The lowest BCUT2D eigenvalue weighted by molar-refractivity contribution is -0.142. The molecule has 0 aliphatic carbocycles. The third-order valence-electron chi connectivity index (χ3n) is 5.69. The van der Waals surface area contributed by atoms with Gasteiger partial charge in [0, 0.05) is 30.1 Å². The SMILES string of the molecule is CC[C@@H](C(=O)NC(C)(C)C)N(Cc1ccc(Cl)cc1)C(=O)CCCN(c1ccccc1C)S(C)(=O)=O. The predicted octanol–water partition coefficient (Wildman–Crippen LogP) is 4.92. The molecule has 0 aliphatic rings. The summed E-state index contributed by atoms with van der Waals surface area (Å²) in [5.74, 6) is -0.427. The van der Waals surface area contributed by atoms with Crippen LogP contribution in [-0.4, -0.2) is 49.5 Å². The van der Waals surface area contributed by atoms with Gasteiger partial charge >= 0.3 is 0 Å². The molecule has 0 aliphatic heterocycles. The first kappa shape index (κ1) is 29.6. The monoisotopic (exact) mass is 535 g/mol. The van der Waals surface area contributed by atoms with E-state index >= 15 is 0 Å². The van der Waals surface area contributed by atoms with Gasteiger partial charge < -0.3 is 10.2 Å². The van der Waals surface area contributed by atoms with Crippen LogP contribution in [0.2, 0.25) is 5.02 Å². The molecule has 0 aromatic heterocycles. The predicted molar refractivity (Wildman–Crippen MR) is 147 cm³/mol. The van der Waals surface area contributed by atoms with Crippen molar-refractivity contribution in [2.24, 2.45) is 0 Å². The molecule has 2 amide bonds. The number of halogens is 1. The molecule has 2 rings (SSSR count). The maximum absolute atomic E-state index is 13.5. The smallest absolute Gasteiger partial charge is 0.243 e. The lowest BCUT2D eigenvalue weighted by Crippen LogP contribution is -2.53. The van der Waals surface area contributed by atoms with Gasteiger partial charge in [-0.15, -0.1) is 0 Å². The molecule has 198 valence electrons. The Morgan fingerprint density at radius 3 is 2.19 bits per heavy atom. The second-order valence-electron chi connectivity index (χ2n) is 10.0. The van der Waals surface area contributed by atoms with Crippen LogP contribution in [0.25, 0.3) is 0 Å². The van der Waals surface area contributed by atoms with Gasteiger partial charge in [-0.3, -0.25) is 13.9 Å². The van der Waals surface area contributed by atoms with Gasteiger partial charge in [0.25, 0.3) is 0 Å². The average molecular weight is 536 g/mol. The van der Waals surface area contributed by atoms with Crippen molar-refractivity contribution in [2.45, 2.75) is 72.0 Å². The van der Waals surface area contributed by atoms with Gasteiger partial charge in [0.1, 0.15) is 6.04 Å². The molecule has 0 fully saturated rings.